The molecule has 17 heteroatoms. The minimum atomic E-state index is -1.27. The number of aliphatic carboxylic acids is 1. The van der Waals surface area contributed by atoms with Gasteiger partial charge in [-0.2, -0.15) is 0 Å². The normalized spacial score (nSPS) is 19.9. The third kappa shape index (κ3) is 5.08. The van der Waals surface area contributed by atoms with E-state index in [0.29, 0.717) is 27.3 Å². The van der Waals surface area contributed by atoms with E-state index in [1.807, 2.05) is 0 Å². The fourth-order valence-electron chi connectivity index (χ4n) is 3.24. The zero-order valence-corrected chi connectivity index (χ0v) is 20.9. The van der Waals surface area contributed by atoms with Crippen LogP contribution in [0.25, 0.3) is 0 Å². The molecule has 0 aliphatic carbocycles. The second-order valence-electron chi connectivity index (χ2n) is 6.86. The molecule has 13 nitrogen and oxygen atoms in total. The predicted molar refractivity (Wildman–Crippen MR) is 132 cm³/mol. The summed E-state index contributed by atoms with van der Waals surface area (Å²) < 4.78 is 0. The third-order valence-corrected chi connectivity index (χ3v) is 9.07. The molecule has 184 valence electrons. The first-order chi connectivity index (χ1) is 16.8. The first kappa shape index (κ1) is 25.2. The lowest BCUT2D eigenvalue weighted by Crippen LogP contribution is -2.71. The van der Waals surface area contributed by atoms with Crippen molar-refractivity contribution in [2.45, 2.75) is 21.5 Å². The topological polar surface area (TPSA) is 210 Å². The number of nitrogens with zero attached hydrogens (tertiary/aromatic N) is 5. The second-order valence-corrected chi connectivity index (χ2v) is 11.0. The SMILES string of the molecule is NCCSc1nccnc1SC1=C(C(=O)O)N2C(=O)C(NC(=O)/C(=N\O)c3csc(N)n3)C2SC1. The smallest absolute Gasteiger partial charge is 0.353 e. The lowest BCUT2D eigenvalue weighted by molar-refractivity contribution is -0.150. The fraction of sp³-hybridized carbons (Fsp3) is 0.278. The molecule has 0 aromatic carbocycles. The monoisotopic (exact) mass is 554 g/mol. The summed E-state index contributed by atoms with van der Waals surface area (Å²) in [6.45, 7) is 0.444. The Labute approximate surface area is 214 Å². The Balaban J connectivity index is 1.53. The van der Waals surface area contributed by atoms with Crippen LogP contribution < -0.4 is 16.8 Å². The summed E-state index contributed by atoms with van der Waals surface area (Å²) in [7, 11) is 0. The summed E-state index contributed by atoms with van der Waals surface area (Å²) in [5.41, 5.74) is 10.6. The predicted octanol–water partition coefficient (Wildman–Crippen LogP) is 0.233. The first-order valence-corrected chi connectivity index (χ1v) is 13.6. The Morgan fingerprint density at radius 1 is 1.31 bits per heavy atom. The number of fused-ring (bicyclic) bond motifs is 1. The van der Waals surface area contributed by atoms with Crippen LogP contribution >= 0.6 is 46.6 Å². The summed E-state index contributed by atoms with van der Waals surface area (Å²) >= 11 is 4.89. The molecule has 0 radical (unpaired) electrons. The van der Waals surface area contributed by atoms with Gasteiger partial charge in [-0.3, -0.25) is 14.5 Å². The van der Waals surface area contributed by atoms with Gasteiger partial charge in [0.15, 0.2) is 10.8 Å². The summed E-state index contributed by atoms with van der Waals surface area (Å²) in [4.78, 5) is 51.7. The van der Waals surface area contributed by atoms with E-state index in [-0.39, 0.29) is 22.3 Å². The quantitative estimate of drug-likeness (QED) is 0.0925. The van der Waals surface area contributed by atoms with Crippen molar-refractivity contribution in [1.82, 2.24) is 25.2 Å². The summed E-state index contributed by atoms with van der Waals surface area (Å²) in [6, 6.07) is -1.01. The van der Waals surface area contributed by atoms with Crippen LogP contribution in [0.4, 0.5) is 5.13 Å². The number of nitrogens with two attached hydrogens (primary N) is 2. The number of nitrogen functional groups attached to an aromatic ring is 1. The highest BCUT2D eigenvalue weighted by atomic mass is 32.2. The van der Waals surface area contributed by atoms with E-state index in [4.69, 9.17) is 11.5 Å². The summed E-state index contributed by atoms with van der Waals surface area (Å²) in [5, 5.41) is 26.7. The Morgan fingerprint density at radius 3 is 2.69 bits per heavy atom. The molecule has 7 N–H and O–H groups in total. The van der Waals surface area contributed by atoms with Crippen molar-refractivity contribution in [3.05, 3.63) is 34.1 Å². The number of hydrogen-bond acceptors (Lipinski definition) is 14. The molecule has 2 aliphatic rings. The van der Waals surface area contributed by atoms with Crippen molar-refractivity contribution >= 4 is 75.2 Å². The largest absolute Gasteiger partial charge is 0.477 e. The molecule has 0 saturated carbocycles. The maximum absolute atomic E-state index is 12.9. The van der Waals surface area contributed by atoms with Gasteiger partial charge in [0.2, 0.25) is 0 Å². The van der Waals surface area contributed by atoms with Gasteiger partial charge >= 0.3 is 5.97 Å². The number of nitrogens with one attached hydrogen (secondary N) is 1. The van der Waals surface area contributed by atoms with Crippen molar-refractivity contribution in [2.24, 2.45) is 10.9 Å². The van der Waals surface area contributed by atoms with E-state index >= 15 is 0 Å². The minimum Gasteiger partial charge on any atom is -0.477 e. The summed E-state index contributed by atoms with van der Waals surface area (Å²) in [5.74, 6) is -1.82. The molecule has 2 unspecified atom stereocenters. The number of thioether (sulfide) groups is 3. The zero-order valence-electron chi connectivity index (χ0n) is 17.7. The van der Waals surface area contributed by atoms with E-state index in [2.05, 4.69) is 25.4 Å². The lowest BCUT2D eigenvalue weighted by atomic mass is 10.0. The third-order valence-electron chi connectivity index (χ3n) is 4.71. The highest BCUT2D eigenvalue weighted by molar-refractivity contribution is 8.07. The van der Waals surface area contributed by atoms with Gasteiger partial charge in [-0.1, -0.05) is 16.9 Å². The summed E-state index contributed by atoms with van der Waals surface area (Å²) in [6.07, 6.45) is 3.04. The molecule has 2 aromatic rings. The molecular formula is C18H18N8O5S4. The van der Waals surface area contributed by atoms with E-state index < -0.39 is 34.9 Å². The van der Waals surface area contributed by atoms with Gasteiger partial charge < -0.3 is 27.1 Å². The molecular weight excluding hydrogens is 537 g/mol. The van der Waals surface area contributed by atoms with Gasteiger partial charge in [-0.25, -0.2) is 19.7 Å². The maximum atomic E-state index is 12.9. The van der Waals surface area contributed by atoms with Gasteiger partial charge in [0.05, 0.1) is 0 Å². The molecule has 0 spiro atoms. The van der Waals surface area contributed by atoms with Crippen molar-refractivity contribution < 1.29 is 24.7 Å². The number of oxime groups is 1. The Hall–Kier alpha value is -2.86. The molecule has 4 heterocycles. The number of carboxylic acid groups (broad SMARTS) is 1. The minimum absolute atomic E-state index is 0.0597. The number of carbonyl (C=O) groups excluding carboxylic acids is 2. The lowest BCUT2D eigenvalue weighted by Gasteiger charge is -2.49. The molecule has 4 rings (SSSR count). The highest BCUT2D eigenvalue weighted by Crippen LogP contribution is 2.45. The Kier molecular flexibility index (Phi) is 7.80. The number of amides is 2. The Bertz CT molecular complexity index is 1230. The molecule has 2 aliphatic heterocycles. The van der Waals surface area contributed by atoms with E-state index in [1.54, 1.807) is 0 Å². The Morgan fingerprint density at radius 2 is 2.06 bits per heavy atom. The van der Waals surface area contributed by atoms with Crippen LogP contribution in [0, 0.1) is 0 Å². The number of carbonyl (C=O) groups is 3. The van der Waals surface area contributed by atoms with Crippen LogP contribution in [0.1, 0.15) is 5.69 Å². The molecule has 2 aromatic heterocycles. The van der Waals surface area contributed by atoms with Crippen molar-refractivity contribution in [2.75, 3.05) is 23.8 Å². The van der Waals surface area contributed by atoms with Crippen LogP contribution in [-0.4, -0.2) is 83.1 Å². The van der Waals surface area contributed by atoms with Gasteiger partial charge in [0.25, 0.3) is 11.8 Å². The number of aromatic nitrogens is 3. The average molecular weight is 555 g/mol. The van der Waals surface area contributed by atoms with Crippen LogP contribution in [0.5, 0.6) is 0 Å². The van der Waals surface area contributed by atoms with E-state index in [0.717, 1.165) is 28.0 Å². The van der Waals surface area contributed by atoms with Gasteiger partial charge in [-0.05, 0) is 0 Å². The number of thiazole rings is 1. The van der Waals surface area contributed by atoms with Gasteiger partial charge in [0, 0.05) is 40.7 Å². The number of rotatable bonds is 9. The number of hydrogen-bond donors (Lipinski definition) is 5. The molecule has 35 heavy (non-hydrogen) atoms. The fourth-order valence-corrected chi connectivity index (χ4v) is 7.12. The molecule has 1 saturated heterocycles. The van der Waals surface area contributed by atoms with Crippen molar-refractivity contribution in [3.63, 3.8) is 0 Å². The highest BCUT2D eigenvalue weighted by Gasteiger charge is 2.54. The van der Waals surface area contributed by atoms with Crippen molar-refractivity contribution in [3.8, 4) is 0 Å². The van der Waals surface area contributed by atoms with E-state index in [9.17, 15) is 24.7 Å². The average Bonchev–Trinajstić information content (AvgIpc) is 3.27. The van der Waals surface area contributed by atoms with Crippen LogP contribution in [0.2, 0.25) is 0 Å². The van der Waals surface area contributed by atoms with Crippen LogP contribution in [-0.2, 0) is 14.4 Å². The first-order valence-electron chi connectivity index (χ1n) is 9.82. The second kappa shape index (κ2) is 10.8. The van der Waals surface area contributed by atoms with Gasteiger partial charge in [-0.15, -0.1) is 34.9 Å². The number of anilines is 1. The van der Waals surface area contributed by atoms with Gasteiger partial charge in [0.1, 0.15) is 32.9 Å². The zero-order chi connectivity index (χ0) is 25.1. The molecule has 0 bridgehead atoms. The van der Waals surface area contributed by atoms with E-state index in [1.165, 1.54) is 41.3 Å². The molecule has 2 atom stereocenters. The molecule has 2 amide bonds. The number of β-lactam (4-membered cyclic amide) rings is 1. The maximum Gasteiger partial charge on any atom is 0.353 e. The molecule has 1 fully saturated rings. The van der Waals surface area contributed by atoms with Crippen molar-refractivity contribution in [1.29, 1.82) is 0 Å². The van der Waals surface area contributed by atoms with Crippen LogP contribution in [0.3, 0.4) is 0 Å². The number of carboxylic acids is 1. The standard InChI is InChI=1S/C18H18N8O5S4/c19-1-4-32-13-14(22-3-2-21-13)35-8-6-33-16-10(15(28)26(16)11(8)17(29)30)24-12(27)9(25-31)7-5-34-18(20)23-7/h2-3,5,10,16,31H,1,4,6,19H2,(H2,20,23)(H,24,27)(H,29,30)/b25-9-. The van der Waals surface area contributed by atoms with Crippen LogP contribution in [0.15, 0.2) is 43.6 Å².